The second-order valence-electron chi connectivity index (χ2n) is 1.95. The lowest BCUT2D eigenvalue weighted by Crippen LogP contribution is -2.05. The summed E-state index contributed by atoms with van der Waals surface area (Å²) in [7, 11) is 0. The fourth-order valence-corrected chi connectivity index (χ4v) is 0.634. The molecule has 5 nitrogen and oxygen atoms in total. The number of nitrogens with zero attached hydrogens (tertiary/aromatic N) is 2. The average Bonchev–Trinajstić information content (AvgIpc) is 2.05. The fraction of sp³-hybridized carbons (Fsp3) is 0.286. The Hall–Kier alpha value is -1.65. The first kappa shape index (κ1) is 8.45. The van der Waals surface area contributed by atoms with Gasteiger partial charge in [-0.05, 0) is 6.92 Å². The molecule has 0 saturated heterocycles. The SMILES string of the molecule is CCOC(=O)c1[c]nnc(O)c1. The molecule has 0 spiro atoms. The summed E-state index contributed by atoms with van der Waals surface area (Å²) in [5.74, 6) is -0.889. The summed E-state index contributed by atoms with van der Waals surface area (Å²) >= 11 is 0. The number of aromatic nitrogens is 2. The van der Waals surface area contributed by atoms with Crippen LogP contribution in [0, 0.1) is 6.20 Å². The second kappa shape index (κ2) is 3.66. The molecule has 5 heteroatoms. The van der Waals surface area contributed by atoms with Crippen LogP contribution in [0.1, 0.15) is 17.3 Å². The third-order valence-corrected chi connectivity index (χ3v) is 1.09. The van der Waals surface area contributed by atoms with Crippen LogP contribution in [0.4, 0.5) is 0 Å². The standard InChI is InChI=1S/C7H7N2O3/c1-2-12-7(11)5-3-6(10)9-8-4-5/h3H,2H2,1H3,(H,9,10). The third-order valence-electron chi connectivity index (χ3n) is 1.09. The van der Waals surface area contributed by atoms with Crippen molar-refractivity contribution in [1.82, 2.24) is 10.2 Å². The predicted molar refractivity (Wildman–Crippen MR) is 38.5 cm³/mol. The fourth-order valence-electron chi connectivity index (χ4n) is 0.634. The van der Waals surface area contributed by atoms with Gasteiger partial charge in [0.15, 0.2) is 0 Å². The molecule has 0 bridgehead atoms. The summed E-state index contributed by atoms with van der Waals surface area (Å²) in [4.78, 5) is 11.0. The Kier molecular flexibility index (Phi) is 2.57. The quantitative estimate of drug-likeness (QED) is 0.635. The van der Waals surface area contributed by atoms with Crippen molar-refractivity contribution in [2.75, 3.05) is 6.61 Å². The molecule has 1 radical (unpaired) electrons. The summed E-state index contributed by atoms with van der Waals surface area (Å²) in [6.45, 7) is 1.96. The first-order valence-electron chi connectivity index (χ1n) is 3.35. The van der Waals surface area contributed by atoms with Gasteiger partial charge < -0.3 is 9.84 Å². The van der Waals surface area contributed by atoms with E-state index in [4.69, 9.17) is 5.11 Å². The molecule has 63 valence electrons. The molecule has 0 fully saturated rings. The van der Waals surface area contributed by atoms with E-state index in [-0.39, 0.29) is 18.1 Å². The summed E-state index contributed by atoms with van der Waals surface area (Å²) in [6, 6.07) is 1.14. The monoisotopic (exact) mass is 167 g/mol. The second-order valence-corrected chi connectivity index (χ2v) is 1.95. The zero-order chi connectivity index (χ0) is 8.97. The number of aromatic hydroxyl groups is 1. The summed E-state index contributed by atoms with van der Waals surface area (Å²) in [6.07, 6.45) is 2.30. The molecule has 0 unspecified atom stereocenters. The van der Waals surface area contributed by atoms with E-state index in [2.05, 4.69) is 21.1 Å². The van der Waals surface area contributed by atoms with E-state index >= 15 is 0 Å². The van der Waals surface area contributed by atoms with Crippen molar-refractivity contribution in [3.05, 3.63) is 17.8 Å². The lowest BCUT2D eigenvalue weighted by molar-refractivity contribution is 0.0524. The van der Waals surface area contributed by atoms with Gasteiger partial charge in [0.2, 0.25) is 5.88 Å². The van der Waals surface area contributed by atoms with Crippen molar-refractivity contribution in [1.29, 1.82) is 0 Å². The lowest BCUT2D eigenvalue weighted by atomic mass is 10.3. The number of esters is 1. The Morgan fingerprint density at radius 2 is 2.58 bits per heavy atom. The predicted octanol–water partition coefficient (Wildman–Crippen LogP) is 0.159. The van der Waals surface area contributed by atoms with Crippen molar-refractivity contribution in [3.8, 4) is 5.88 Å². The molecule has 0 aromatic carbocycles. The van der Waals surface area contributed by atoms with E-state index in [1.807, 2.05) is 0 Å². The van der Waals surface area contributed by atoms with Crippen LogP contribution >= 0.6 is 0 Å². The van der Waals surface area contributed by atoms with Gasteiger partial charge in [-0.25, -0.2) is 4.79 Å². The summed E-state index contributed by atoms with van der Waals surface area (Å²) in [5, 5.41) is 15.3. The Balaban J connectivity index is 2.81. The molecule has 0 amide bonds. The minimum atomic E-state index is -0.567. The highest BCUT2D eigenvalue weighted by atomic mass is 16.5. The van der Waals surface area contributed by atoms with Crippen LogP contribution in [-0.4, -0.2) is 27.9 Å². The van der Waals surface area contributed by atoms with E-state index in [1.54, 1.807) is 6.92 Å². The van der Waals surface area contributed by atoms with Crippen LogP contribution in [0.3, 0.4) is 0 Å². The first-order chi connectivity index (χ1) is 5.74. The van der Waals surface area contributed by atoms with Gasteiger partial charge in [-0.3, -0.25) is 0 Å². The van der Waals surface area contributed by atoms with Gasteiger partial charge in [0, 0.05) is 6.07 Å². The number of rotatable bonds is 2. The maximum absolute atomic E-state index is 11.0. The Labute approximate surface area is 69.0 Å². The van der Waals surface area contributed by atoms with Crippen molar-refractivity contribution < 1.29 is 14.6 Å². The summed E-state index contributed by atoms with van der Waals surface area (Å²) < 4.78 is 4.63. The largest absolute Gasteiger partial charge is 0.492 e. The zero-order valence-electron chi connectivity index (χ0n) is 6.44. The van der Waals surface area contributed by atoms with Gasteiger partial charge in [0.1, 0.15) is 6.20 Å². The molecule has 1 rings (SSSR count). The van der Waals surface area contributed by atoms with Crippen molar-refractivity contribution in [3.63, 3.8) is 0 Å². The number of carbonyl (C=O) groups excluding carboxylic acids is 1. The third kappa shape index (κ3) is 1.91. The molecule has 1 aromatic rings. The minimum Gasteiger partial charge on any atom is -0.492 e. The van der Waals surface area contributed by atoms with Gasteiger partial charge in [0.25, 0.3) is 0 Å². The van der Waals surface area contributed by atoms with Crippen molar-refractivity contribution >= 4 is 5.97 Å². The molecular formula is C7H7N2O3. The molecule has 0 aliphatic heterocycles. The maximum atomic E-state index is 11.0. The number of hydrogen-bond acceptors (Lipinski definition) is 5. The van der Waals surface area contributed by atoms with Crippen molar-refractivity contribution in [2.45, 2.75) is 6.92 Å². The van der Waals surface area contributed by atoms with Gasteiger partial charge in [0.05, 0.1) is 12.2 Å². The van der Waals surface area contributed by atoms with Gasteiger partial charge in [-0.15, -0.1) is 10.2 Å². The highest BCUT2D eigenvalue weighted by molar-refractivity contribution is 5.88. The van der Waals surface area contributed by atoms with Crippen LogP contribution in [0.25, 0.3) is 0 Å². The van der Waals surface area contributed by atoms with Gasteiger partial charge >= 0.3 is 5.97 Å². The molecule has 1 aromatic heterocycles. The molecule has 12 heavy (non-hydrogen) atoms. The highest BCUT2D eigenvalue weighted by Crippen LogP contribution is 2.05. The Morgan fingerprint density at radius 3 is 3.17 bits per heavy atom. The topological polar surface area (TPSA) is 72.3 Å². The van der Waals surface area contributed by atoms with E-state index < -0.39 is 5.97 Å². The highest BCUT2D eigenvalue weighted by Gasteiger charge is 2.07. The minimum absolute atomic E-state index is 0.0735. The molecule has 0 atom stereocenters. The molecular weight excluding hydrogens is 160 g/mol. The number of ether oxygens (including phenoxy) is 1. The Morgan fingerprint density at radius 1 is 1.83 bits per heavy atom. The maximum Gasteiger partial charge on any atom is 0.340 e. The van der Waals surface area contributed by atoms with Crippen LogP contribution in [0.2, 0.25) is 0 Å². The van der Waals surface area contributed by atoms with Gasteiger partial charge in [-0.1, -0.05) is 0 Å². The Bertz CT molecular complexity index is 288. The van der Waals surface area contributed by atoms with E-state index in [9.17, 15) is 4.79 Å². The van der Waals surface area contributed by atoms with Crippen molar-refractivity contribution in [2.24, 2.45) is 0 Å². The lowest BCUT2D eigenvalue weighted by Gasteiger charge is -1.98. The zero-order valence-corrected chi connectivity index (χ0v) is 6.44. The van der Waals surface area contributed by atoms with Crippen LogP contribution in [-0.2, 0) is 4.74 Å². The van der Waals surface area contributed by atoms with E-state index in [0.29, 0.717) is 0 Å². The molecule has 0 aliphatic carbocycles. The molecule has 1 heterocycles. The summed E-state index contributed by atoms with van der Waals surface area (Å²) in [5.41, 5.74) is 0.0735. The molecule has 0 aliphatic rings. The van der Waals surface area contributed by atoms with Crippen LogP contribution in [0.5, 0.6) is 5.88 Å². The normalized spacial score (nSPS) is 9.42. The van der Waals surface area contributed by atoms with Crippen LogP contribution < -0.4 is 0 Å². The molecule has 1 N–H and O–H groups in total. The number of hydrogen-bond donors (Lipinski definition) is 1. The van der Waals surface area contributed by atoms with E-state index in [0.717, 1.165) is 6.07 Å². The number of carbonyl (C=O) groups is 1. The van der Waals surface area contributed by atoms with Gasteiger partial charge in [-0.2, -0.15) is 0 Å². The average molecular weight is 167 g/mol. The van der Waals surface area contributed by atoms with E-state index in [1.165, 1.54) is 0 Å². The first-order valence-corrected chi connectivity index (χ1v) is 3.35. The smallest absolute Gasteiger partial charge is 0.340 e. The van der Waals surface area contributed by atoms with Crippen LogP contribution in [0.15, 0.2) is 6.07 Å². The molecule has 0 saturated carbocycles.